The van der Waals surface area contributed by atoms with E-state index in [-0.39, 0.29) is 11.5 Å². The molecule has 1 aromatic heterocycles. The molecule has 0 aliphatic heterocycles. The Morgan fingerprint density at radius 2 is 2.40 bits per heavy atom. The van der Waals surface area contributed by atoms with Crippen LogP contribution < -0.4 is 16.6 Å². The maximum absolute atomic E-state index is 11.4. The van der Waals surface area contributed by atoms with E-state index in [2.05, 4.69) is 15.5 Å². The van der Waals surface area contributed by atoms with Crippen LogP contribution in [-0.4, -0.2) is 22.1 Å². The lowest BCUT2D eigenvalue weighted by Gasteiger charge is -2.09. The molecule has 0 fully saturated rings. The molecule has 82 valence electrons. The zero-order valence-electron chi connectivity index (χ0n) is 8.49. The smallest absolute Gasteiger partial charge is 0.264 e. The first-order chi connectivity index (χ1) is 7.13. The number of hydrogen-bond donors (Lipinski definition) is 3. The zero-order valence-corrected chi connectivity index (χ0v) is 8.49. The topological polar surface area (TPSA) is 101 Å². The Morgan fingerprint density at radius 3 is 2.93 bits per heavy atom. The summed E-state index contributed by atoms with van der Waals surface area (Å²) in [6.45, 7) is 1.95. The van der Waals surface area contributed by atoms with Crippen LogP contribution in [0.5, 0.6) is 0 Å². The van der Waals surface area contributed by atoms with Gasteiger partial charge in [0.05, 0.1) is 6.04 Å². The van der Waals surface area contributed by atoms with E-state index in [9.17, 15) is 9.59 Å². The van der Waals surface area contributed by atoms with Crippen molar-refractivity contribution in [1.82, 2.24) is 10.2 Å². The van der Waals surface area contributed by atoms with Crippen LogP contribution in [0.25, 0.3) is 0 Å². The fourth-order valence-corrected chi connectivity index (χ4v) is 1.08. The van der Waals surface area contributed by atoms with Crippen molar-refractivity contribution in [3.05, 3.63) is 22.5 Å². The van der Waals surface area contributed by atoms with Gasteiger partial charge in [0.1, 0.15) is 0 Å². The van der Waals surface area contributed by atoms with Crippen molar-refractivity contribution in [2.75, 3.05) is 5.32 Å². The fourth-order valence-electron chi connectivity index (χ4n) is 1.08. The molecule has 0 unspecified atom stereocenters. The number of H-pyrrole nitrogens is 1. The van der Waals surface area contributed by atoms with E-state index in [4.69, 9.17) is 5.73 Å². The predicted octanol–water partition coefficient (Wildman–Crippen LogP) is -0.164. The number of nitrogens with one attached hydrogen (secondary N) is 2. The molecule has 0 bridgehead atoms. The minimum absolute atomic E-state index is 0.295. The Morgan fingerprint density at radius 1 is 1.67 bits per heavy atom. The van der Waals surface area contributed by atoms with Crippen molar-refractivity contribution >= 4 is 11.7 Å². The van der Waals surface area contributed by atoms with Gasteiger partial charge in [-0.15, -0.1) is 0 Å². The van der Waals surface area contributed by atoms with Crippen LogP contribution in [0.4, 0.5) is 5.82 Å². The quantitative estimate of drug-likeness (QED) is 0.642. The van der Waals surface area contributed by atoms with E-state index < -0.39 is 6.04 Å². The standard InChI is InChI=1S/C9H14N4O2/c1-2-3-6(10)9(15)11-7-4-5-8(14)13-12-7/h4-6H,2-3,10H2,1H3,(H,13,14)(H,11,12,15)/t6-/m1/s1. The van der Waals surface area contributed by atoms with Gasteiger partial charge in [-0.05, 0) is 12.5 Å². The molecule has 15 heavy (non-hydrogen) atoms. The van der Waals surface area contributed by atoms with Gasteiger partial charge in [-0.25, -0.2) is 5.10 Å². The molecule has 1 aromatic rings. The monoisotopic (exact) mass is 210 g/mol. The van der Waals surface area contributed by atoms with Gasteiger partial charge in [-0.3, -0.25) is 9.59 Å². The summed E-state index contributed by atoms with van der Waals surface area (Å²) >= 11 is 0. The number of rotatable bonds is 4. The van der Waals surface area contributed by atoms with Crippen LogP contribution in [0.3, 0.4) is 0 Å². The molecule has 0 aliphatic rings. The molecule has 6 heteroatoms. The van der Waals surface area contributed by atoms with Crippen LogP contribution in [0.2, 0.25) is 0 Å². The molecule has 1 atom stereocenters. The van der Waals surface area contributed by atoms with Gasteiger partial charge in [0.25, 0.3) is 5.56 Å². The number of hydrogen-bond acceptors (Lipinski definition) is 4. The lowest BCUT2D eigenvalue weighted by molar-refractivity contribution is -0.117. The number of aromatic nitrogens is 2. The first-order valence-corrected chi connectivity index (χ1v) is 4.75. The number of aromatic amines is 1. The average molecular weight is 210 g/mol. The third-order valence-corrected chi connectivity index (χ3v) is 1.87. The lowest BCUT2D eigenvalue weighted by Crippen LogP contribution is -2.35. The summed E-state index contributed by atoms with van der Waals surface area (Å²) in [4.78, 5) is 22.1. The van der Waals surface area contributed by atoms with Gasteiger partial charge in [0, 0.05) is 6.07 Å². The summed E-state index contributed by atoms with van der Waals surface area (Å²) in [7, 11) is 0. The minimum atomic E-state index is -0.538. The number of carbonyl (C=O) groups excluding carboxylic acids is 1. The van der Waals surface area contributed by atoms with Crippen LogP contribution in [-0.2, 0) is 4.79 Å². The number of nitrogens with two attached hydrogens (primary N) is 1. The van der Waals surface area contributed by atoms with Crippen molar-refractivity contribution in [2.45, 2.75) is 25.8 Å². The van der Waals surface area contributed by atoms with Crippen molar-refractivity contribution in [3.63, 3.8) is 0 Å². The van der Waals surface area contributed by atoms with Crippen molar-refractivity contribution in [1.29, 1.82) is 0 Å². The molecule has 0 saturated heterocycles. The van der Waals surface area contributed by atoms with Gasteiger partial charge in [-0.2, -0.15) is 5.10 Å². The molecular weight excluding hydrogens is 196 g/mol. The third-order valence-electron chi connectivity index (χ3n) is 1.87. The molecular formula is C9H14N4O2. The highest BCUT2D eigenvalue weighted by Gasteiger charge is 2.12. The van der Waals surface area contributed by atoms with E-state index in [1.54, 1.807) is 0 Å². The highest BCUT2D eigenvalue weighted by molar-refractivity contribution is 5.93. The summed E-state index contributed by atoms with van der Waals surface area (Å²) in [5.41, 5.74) is 5.28. The second-order valence-electron chi connectivity index (χ2n) is 3.19. The van der Waals surface area contributed by atoms with E-state index in [1.807, 2.05) is 6.92 Å². The van der Waals surface area contributed by atoms with Crippen LogP contribution >= 0.6 is 0 Å². The third kappa shape index (κ3) is 3.51. The second-order valence-corrected chi connectivity index (χ2v) is 3.19. The van der Waals surface area contributed by atoms with Gasteiger partial charge in [0.2, 0.25) is 5.91 Å². The number of carbonyl (C=O) groups is 1. The van der Waals surface area contributed by atoms with E-state index >= 15 is 0 Å². The lowest BCUT2D eigenvalue weighted by atomic mass is 10.2. The van der Waals surface area contributed by atoms with Gasteiger partial charge >= 0.3 is 0 Å². The van der Waals surface area contributed by atoms with E-state index in [0.717, 1.165) is 6.42 Å². The molecule has 1 heterocycles. The van der Waals surface area contributed by atoms with E-state index in [0.29, 0.717) is 12.2 Å². The van der Waals surface area contributed by atoms with Crippen LogP contribution in [0.1, 0.15) is 19.8 Å². The second kappa shape index (κ2) is 5.26. The summed E-state index contributed by atoms with van der Waals surface area (Å²) in [5.74, 6) is 0.00236. The van der Waals surface area contributed by atoms with Crippen molar-refractivity contribution in [2.24, 2.45) is 5.73 Å². The van der Waals surface area contributed by atoms with Gasteiger partial charge in [-0.1, -0.05) is 13.3 Å². The molecule has 0 aliphatic carbocycles. The highest BCUT2D eigenvalue weighted by atomic mass is 16.2. The Hall–Kier alpha value is -1.69. The normalized spacial score (nSPS) is 12.1. The zero-order chi connectivity index (χ0) is 11.3. The maximum Gasteiger partial charge on any atom is 0.264 e. The molecule has 4 N–H and O–H groups in total. The van der Waals surface area contributed by atoms with Crippen molar-refractivity contribution in [3.8, 4) is 0 Å². The van der Waals surface area contributed by atoms with Gasteiger partial charge in [0.15, 0.2) is 5.82 Å². The Balaban J connectivity index is 2.58. The van der Waals surface area contributed by atoms with Crippen molar-refractivity contribution < 1.29 is 4.79 Å². The molecule has 0 radical (unpaired) electrons. The molecule has 1 rings (SSSR count). The summed E-state index contributed by atoms with van der Waals surface area (Å²) in [6.07, 6.45) is 1.46. The summed E-state index contributed by atoms with van der Waals surface area (Å²) < 4.78 is 0. The van der Waals surface area contributed by atoms with E-state index in [1.165, 1.54) is 12.1 Å². The van der Waals surface area contributed by atoms with Gasteiger partial charge < -0.3 is 11.1 Å². The summed E-state index contributed by atoms with van der Waals surface area (Å²) in [6, 6.07) is 2.17. The first-order valence-electron chi connectivity index (χ1n) is 4.75. The molecule has 6 nitrogen and oxygen atoms in total. The Labute approximate surface area is 86.9 Å². The molecule has 0 aromatic carbocycles. The van der Waals surface area contributed by atoms with Crippen LogP contribution in [0, 0.1) is 0 Å². The molecule has 1 amide bonds. The maximum atomic E-state index is 11.4. The minimum Gasteiger partial charge on any atom is -0.320 e. The Kier molecular flexibility index (Phi) is 3.99. The Bertz CT molecular complexity index is 367. The highest BCUT2D eigenvalue weighted by Crippen LogP contribution is 2.00. The fraction of sp³-hybridized carbons (Fsp3) is 0.444. The number of nitrogens with zero attached hydrogens (tertiary/aromatic N) is 1. The molecule has 0 saturated carbocycles. The average Bonchev–Trinajstić information content (AvgIpc) is 2.22. The SMILES string of the molecule is CCC[C@@H](N)C(=O)Nc1ccc(=O)[nH]n1. The number of amides is 1. The predicted molar refractivity (Wildman–Crippen MR) is 56.4 cm³/mol. The first kappa shape index (κ1) is 11.4. The van der Waals surface area contributed by atoms with Crippen LogP contribution in [0.15, 0.2) is 16.9 Å². The largest absolute Gasteiger partial charge is 0.320 e. The summed E-state index contributed by atoms with van der Waals surface area (Å²) in [5, 5.41) is 8.36. The molecule has 0 spiro atoms. The number of anilines is 1.